The quantitative estimate of drug-likeness (QED) is 0.701. The number of carbonyl (C=O) groups excluding carboxylic acids is 2. The Kier molecular flexibility index (Phi) is 3.26. The van der Waals surface area contributed by atoms with Gasteiger partial charge in [0.2, 0.25) is 11.8 Å². The van der Waals surface area contributed by atoms with Crippen molar-refractivity contribution >= 4 is 11.8 Å². The van der Waals surface area contributed by atoms with Crippen LogP contribution in [0.4, 0.5) is 0 Å². The molecule has 1 aliphatic heterocycles. The molecule has 1 aromatic heterocycles. The average Bonchev–Trinajstić information content (AvgIpc) is 2.91. The van der Waals surface area contributed by atoms with E-state index in [0.29, 0.717) is 5.76 Å². The Bertz CT molecular complexity index is 415. The first-order chi connectivity index (χ1) is 8.09. The fourth-order valence-corrected chi connectivity index (χ4v) is 1.75. The molecule has 1 aliphatic rings. The molecule has 0 saturated carbocycles. The number of aliphatic hydroxyl groups excluding tert-OH is 1. The molecule has 2 atom stereocenters. The number of rotatable bonds is 4. The van der Waals surface area contributed by atoms with Gasteiger partial charge in [-0.15, -0.1) is 0 Å². The number of imide groups is 1. The molecule has 0 aromatic carbocycles. The first-order valence-electron chi connectivity index (χ1n) is 5.35. The molecule has 6 nitrogen and oxygen atoms in total. The monoisotopic (exact) mass is 238 g/mol. The Morgan fingerprint density at radius 3 is 2.94 bits per heavy atom. The van der Waals surface area contributed by atoms with Gasteiger partial charge in [0.05, 0.1) is 18.7 Å². The number of nitrogens with one attached hydrogen (secondary N) is 1. The highest BCUT2D eigenvalue weighted by Crippen LogP contribution is 2.14. The van der Waals surface area contributed by atoms with Gasteiger partial charge in [0.15, 0.2) is 0 Å². The second-order valence-corrected chi connectivity index (χ2v) is 3.99. The van der Waals surface area contributed by atoms with E-state index in [4.69, 9.17) is 4.42 Å². The van der Waals surface area contributed by atoms with E-state index in [-0.39, 0.29) is 24.8 Å². The molecular formula is C11H14N2O4. The van der Waals surface area contributed by atoms with Crippen LogP contribution in [0.2, 0.25) is 0 Å². The molecule has 0 spiro atoms. The molecule has 2 unspecified atom stereocenters. The molecule has 0 bridgehead atoms. The number of amides is 2. The number of furan rings is 1. The van der Waals surface area contributed by atoms with Crippen LogP contribution in [-0.4, -0.2) is 41.5 Å². The van der Waals surface area contributed by atoms with E-state index >= 15 is 0 Å². The first kappa shape index (κ1) is 11.8. The normalized spacial score (nSPS) is 22.2. The van der Waals surface area contributed by atoms with E-state index in [2.05, 4.69) is 5.32 Å². The molecule has 17 heavy (non-hydrogen) atoms. The second-order valence-electron chi connectivity index (χ2n) is 3.99. The molecule has 2 amide bonds. The van der Waals surface area contributed by atoms with Gasteiger partial charge in [-0.2, -0.15) is 0 Å². The van der Waals surface area contributed by atoms with Crippen LogP contribution in [0, 0.1) is 0 Å². The third kappa shape index (κ3) is 2.37. The predicted molar refractivity (Wildman–Crippen MR) is 57.9 cm³/mol. The van der Waals surface area contributed by atoms with E-state index in [1.54, 1.807) is 12.1 Å². The third-order valence-electron chi connectivity index (χ3n) is 2.81. The summed E-state index contributed by atoms with van der Waals surface area (Å²) in [6, 6.07) is 2.79. The summed E-state index contributed by atoms with van der Waals surface area (Å²) >= 11 is 0. The summed E-state index contributed by atoms with van der Waals surface area (Å²) in [6.45, 7) is 0.172. The summed E-state index contributed by atoms with van der Waals surface area (Å²) in [5.74, 6) is -0.0377. The average molecular weight is 238 g/mol. The van der Waals surface area contributed by atoms with Gasteiger partial charge in [0, 0.05) is 13.6 Å². The summed E-state index contributed by atoms with van der Waals surface area (Å²) < 4.78 is 5.03. The molecular weight excluding hydrogens is 224 g/mol. The minimum Gasteiger partial charge on any atom is -0.467 e. The van der Waals surface area contributed by atoms with Crippen molar-refractivity contribution in [2.24, 2.45) is 0 Å². The van der Waals surface area contributed by atoms with Crippen molar-refractivity contribution in [2.45, 2.75) is 18.6 Å². The molecule has 2 N–H and O–H groups in total. The molecule has 0 radical (unpaired) electrons. The predicted octanol–water partition coefficient (Wildman–Crippen LogP) is -0.340. The van der Waals surface area contributed by atoms with Crippen LogP contribution in [0.3, 0.4) is 0 Å². The Balaban J connectivity index is 1.87. The van der Waals surface area contributed by atoms with Crippen molar-refractivity contribution in [3.05, 3.63) is 24.2 Å². The minimum atomic E-state index is -0.821. The van der Waals surface area contributed by atoms with Gasteiger partial charge in [0.25, 0.3) is 0 Å². The molecule has 1 fully saturated rings. The van der Waals surface area contributed by atoms with E-state index in [1.165, 1.54) is 13.3 Å². The third-order valence-corrected chi connectivity index (χ3v) is 2.81. The zero-order valence-corrected chi connectivity index (χ0v) is 9.42. The Hall–Kier alpha value is -1.66. The van der Waals surface area contributed by atoms with Crippen LogP contribution in [0.25, 0.3) is 0 Å². The highest BCUT2D eigenvalue weighted by molar-refractivity contribution is 6.05. The molecule has 0 aliphatic carbocycles. The van der Waals surface area contributed by atoms with Crippen molar-refractivity contribution in [1.82, 2.24) is 10.2 Å². The van der Waals surface area contributed by atoms with Crippen molar-refractivity contribution in [1.29, 1.82) is 0 Å². The first-order valence-corrected chi connectivity index (χ1v) is 5.35. The number of hydrogen-bond donors (Lipinski definition) is 2. The van der Waals surface area contributed by atoms with Gasteiger partial charge in [-0.1, -0.05) is 0 Å². The summed E-state index contributed by atoms with van der Waals surface area (Å²) in [4.78, 5) is 23.9. The van der Waals surface area contributed by atoms with E-state index < -0.39 is 12.1 Å². The number of carbonyl (C=O) groups is 2. The van der Waals surface area contributed by atoms with Crippen LogP contribution in [0.1, 0.15) is 18.3 Å². The lowest BCUT2D eigenvalue weighted by atomic mass is 10.2. The van der Waals surface area contributed by atoms with E-state index in [0.717, 1.165) is 4.90 Å². The zero-order chi connectivity index (χ0) is 12.4. The SMILES string of the molecule is CN1C(=O)CC(NCC(O)c2ccco2)C1=O. The van der Waals surface area contributed by atoms with Crippen molar-refractivity contribution in [3.63, 3.8) is 0 Å². The van der Waals surface area contributed by atoms with E-state index in [9.17, 15) is 14.7 Å². The summed E-state index contributed by atoms with van der Waals surface area (Å²) in [5.41, 5.74) is 0. The van der Waals surface area contributed by atoms with Crippen LogP contribution in [0.5, 0.6) is 0 Å². The smallest absolute Gasteiger partial charge is 0.246 e. The number of likely N-dealkylation sites (tertiary alicyclic amines) is 1. The highest BCUT2D eigenvalue weighted by Gasteiger charge is 2.35. The van der Waals surface area contributed by atoms with Gasteiger partial charge >= 0.3 is 0 Å². The maximum atomic E-state index is 11.6. The molecule has 1 saturated heterocycles. The molecule has 6 heteroatoms. The summed E-state index contributed by atoms with van der Waals surface area (Å²) in [7, 11) is 1.45. The Labute approximate surface area is 98.2 Å². The van der Waals surface area contributed by atoms with Crippen molar-refractivity contribution < 1.29 is 19.1 Å². The van der Waals surface area contributed by atoms with Gasteiger partial charge < -0.3 is 14.8 Å². The second kappa shape index (κ2) is 4.68. The number of aliphatic hydroxyl groups is 1. The number of nitrogens with zero attached hydrogens (tertiary/aromatic N) is 1. The highest BCUT2D eigenvalue weighted by atomic mass is 16.4. The molecule has 1 aromatic rings. The number of hydrogen-bond acceptors (Lipinski definition) is 5. The topological polar surface area (TPSA) is 82.8 Å². The molecule has 2 rings (SSSR count). The minimum absolute atomic E-state index is 0.139. The molecule has 92 valence electrons. The zero-order valence-electron chi connectivity index (χ0n) is 9.42. The van der Waals surface area contributed by atoms with Crippen LogP contribution in [0.15, 0.2) is 22.8 Å². The fourth-order valence-electron chi connectivity index (χ4n) is 1.75. The van der Waals surface area contributed by atoms with Crippen LogP contribution < -0.4 is 5.32 Å². The van der Waals surface area contributed by atoms with E-state index in [1.807, 2.05) is 0 Å². The Morgan fingerprint density at radius 2 is 2.41 bits per heavy atom. The maximum absolute atomic E-state index is 11.6. The van der Waals surface area contributed by atoms with Gasteiger partial charge in [0.1, 0.15) is 11.9 Å². The van der Waals surface area contributed by atoms with Crippen LogP contribution in [-0.2, 0) is 9.59 Å². The standard InChI is InChI=1S/C11H14N2O4/c1-13-10(15)5-7(11(13)16)12-6-8(14)9-3-2-4-17-9/h2-4,7-8,12,14H,5-6H2,1H3. The fraction of sp³-hybridized carbons (Fsp3) is 0.455. The van der Waals surface area contributed by atoms with Gasteiger partial charge in [-0.25, -0.2) is 0 Å². The maximum Gasteiger partial charge on any atom is 0.246 e. The number of likely N-dealkylation sites (N-methyl/N-ethyl adjacent to an activating group) is 1. The van der Waals surface area contributed by atoms with Crippen LogP contribution >= 0.6 is 0 Å². The Morgan fingerprint density at radius 1 is 1.65 bits per heavy atom. The lowest BCUT2D eigenvalue weighted by Gasteiger charge is -2.13. The van der Waals surface area contributed by atoms with Gasteiger partial charge in [-0.3, -0.25) is 14.5 Å². The lowest BCUT2D eigenvalue weighted by molar-refractivity contribution is -0.137. The summed E-state index contributed by atoms with van der Waals surface area (Å²) in [6.07, 6.45) is 0.787. The van der Waals surface area contributed by atoms with Gasteiger partial charge in [-0.05, 0) is 12.1 Å². The van der Waals surface area contributed by atoms with Crippen molar-refractivity contribution in [3.8, 4) is 0 Å². The van der Waals surface area contributed by atoms with Crippen molar-refractivity contribution in [2.75, 3.05) is 13.6 Å². The lowest BCUT2D eigenvalue weighted by Crippen LogP contribution is -2.39. The largest absolute Gasteiger partial charge is 0.467 e. The molecule has 2 heterocycles. The summed E-state index contributed by atoms with van der Waals surface area (Å²) in [5, 5.41) is 12.6.